The number of benzene rings is 1. The molecule has 2 aromatic rings. The molecule has 0 bridgehead atoms. The largest absolute Gasteiger partial charge is 0.448 e. The van der Waals surface area contributed by atoms with Gasteiger partial charge in [0.15, 0.2) is 15.9 Å². The average molecular weight is 367 g/mol. The third-order valence-electron chi connectivity index (χ3n) is 3.86. The van der Waals surface area contributed by atoms with Crippen LogP contribution in [0.25, 0.3) is 10.1 Å². The van der Waals surface area contributed by atoms with Gasteiger partial charge in [0.05, 0.1) is 11.5 Å². The summed E-state index contributed by atoms with van der Waals surface area (Å²) in [6, 6.07) is 8.91. The lowest BCUT2D eigenvalue weighted by atomic mass is 10.2. The van der Waals surface area contributed by atoms with Gasteiger partial charge in [0, 0.05) is 10.7 Å². The predicted octanol–water partition coefficient (Wildman–Crippen LogP) is 1.75. The molecule has 8 heteroatoms. The molecule has 1 aromatic carbocycles. The van der Waals surface area contributed by atoms with Gasteiger partial charge in [-0.25, -0.2) is 13.2 Å². The lowest BCUT2D eigenvalue weighted by Crippen LogP contribution is -2.42. The number of thiophene rings is 1. The van der Waals surface area contributed by atoms with E-state index in [2.05, 4.69) is 5.32 Å². The number of carbonyl (C=O) groups excluding carboxylic acids is 2. The fourth-order valence-corrected chi connectivity index (χ4v) is 5.20. The lowest BCUT2D eigenvalue weighted by Gasteiger charge is -2.16. The number of hydrogen-bond donors (Lipinski definition) is 1. The third-order valence-corrected chi connectivity index (χ3v) is 6.72. The van der Waals surface area contributed by atoms with E-state index < -0.39 is 33.9 Å². The van der Waals surface area contributed by atoms with Crippen molar-refractivity contribution >= 4 is 43.1 Å². The van der Waals surface area contributed by atoms with Crippen molar-refractivity contribution in [3.63, 3.8) is 0 Å². The van der Waals surface area contributed by atoms with Crippen LogP contribution in [0.4, 0.5) is 0 Å². The smallest absolute Gasteiger partial charge is 0.349 e. The zero-order valence-corrected chi connectivity index (χ0v) is 14.7. The number of ether oxygens (including phenoxy) is 1. The topological polar surface area (TPSA) is 89.5 Å². The number of sulfone groups is 1. The van der Waals surface area contributed by atoms with Crippen molar-refractivity contribution in [1.82, 2.24) is 5.32 Å². The van der Waals surface area contributed by atoms with Gasteiger partial charge in [0.25, 0.3) is 5.91 Å². The maximum Gasteiger partial charge on any atom is 0.349 e. The summed E-state index contributed by atoms with van der Waals surface area (Å²) in [5, 5.41) is 3.57. The van der Waals surface area contributed by atoms with Gasteiger partial charge in [-0.2, -0.15) is 0 Å². The second kappa shape index (κ2) is 6.52. The molecule has 1 aromatic heterocycles. The first-order chi connectivity index (χ1) is 11.3. The number of esters is 1. The minimum atomic E-state index is -3.07. The van der Waals surface area contributed by atoms with Crippen molar-refractivity contribution in [1.29, 1.82) is 0 Å². The van der Waals surface area contributed by atoms with E-state index in [1.807, 2.05) is 24.3 Å². The molecule has 1 fully saturated rings. The molecule has 1 N–H and O–H groups in total. The van der Waals surface area contributed by atoms with E-state index in [9.17, 15) is 18.0 Å². The van der Waals surface area contributed by atoms with Crippen molar-refractivity contribution in [3.8, 4) is 0 Å². The average Bonchev–Trinajstić information content (AvgIpc) is 3.10. The molecular formula is C16H17NO5S2. The number of hydrogen-bond acceptors (Lipinski definition) is 6. The molecule has 0 saturated carbocycles. The molecule has 2 heterocycles. The number of fused-ring (bicyclic) bond motifs is 1. The quantitative estimate of drug-likeness (QED) is 0.832. The Kier molecular flexibility index (Phi) is 4.60. The minimum absolute atomic E-state index is 0.0598. The molecule has 128 valence electrons. The first-order valence-electron chi connectivity index (χ1n) is 7.54. The Hall–Kier alpha value is -1.93. The Morgan fingerprint density at radius 3 is 2.75 bits per heavy atom. The summed E-state index contributed by atoms with van der Waals surface area (Å²) in [5.41, 5.74) is 0. The Balaban J connectivity index is 1.60. The third kappa shape index (κ3) is 3.76. The van der Waals surface area contributed by atoms with E-state index in [1.54, 1.807) is 6.07 Å². The lowest BCUT2D eigenvalue weighted by molar-refractivity contribution is -0.129. The summed E-state index contributed by atoms with van der Waals surface area (Å²) < 4.78 is 29.0. The zero-order valence-electron chi connectivity index (χ0n) is 13.0. The van der Waals surface area contributed by atoms with Crippen molar-refractivity contribution in [2.75, 3.05) is 11.5 Å². The molecule has 1 aliphatic rings. The maximum atomic E-state index is 12.2. The first-order valence-corrected chi connectivity index (χ1v) is 10.2. The van der Waals surface area contributed by atoms with Crippen molar-refractivity contribution in [3.05, 3.63) is 35.2 Å². The predicted molar refractivity (Wildman–Crippen MR) is 91.9 cm³/mol. The fourth-order valence-electron chi connectivity index (χ4n) is 2.58. The molecule has 0 radical (unpaired) electrons. The Bertz CT molecular complexity index is 854. The zero-order chi connectivity index (χ0) is 17.3. The monoisotopic (exact) mass is 367 g/mol. The molecule has 1 saturated heterocycles. The van der Waals surface area contributed by atoms with Crippen LogP contribution in [-0.2, 0) is 19.4 Å². The standard InChI is InChI=1S/C16H17NO5S2/c1-10(15(18)17-12-6-7-24(20,21)9-12)22-16(19)14-8-11-4-2-3-5-13(11)23-14/h2-5,8,10,12H,6-7,9H2,1H3,(H,17,18)/t10-,12+/m0/s1. The van der Waals surface area contributed by atoms with Crippen LogP contribution >= 0.6 is 11.3 Å². The second-order valence-corrected chi connectivity index (χ2v) is 9.12. The van der Waals surface area contributed by atoms with Crippen LogP contribution in [0.15, 0.2) is 30.3 Å². The number of nitrogens with one attached hydrogen (secondary N) is 1. The van der Waals surface area contributed by atoms with Gasteiger partial charge in [-0.1, -0.05) is 18.2 Å². The van der Waals surface area contributed by atoms with Gasteiger partial charge < -0.3 is 10.1 Å². The van der Waals surface area contributed by atoms with Crippen molar-refractivity contribution in [2.45, 2.75) is 25.5 Å². The molecule has 24 heavy (non-hydrogen) atoms. The van der Waals surface area contributed by atoms with Crippen LogP contribution in [0.1, 0.15) is 23.0 Å². The second-order valence-electron chi connectivity index (χ2n) is 5.80. The van der Waals surface area contributed by atoms with Gasteiger partial charge in [0.2, 0.25) is 0 Å². The molecule has 2 atom stereocenters. The van der Waals surface area contributed by atoms with Gasteiger partial charge >= 0.3 is 5.97 Å². The molecule has 3 rings (SSSR count). The molecule has 0 aliphatic carbocycles. The van der Waals surface area contributed by atoms with Gasteiger partial charge in [-0.05, 0) is 30.9 Å². The highest BCUT2D eigenvalue weighted by molar-refractivity contribution is 7.91. The Morgan fingerprint density at radius 2 is 2.08 bits per heavy atom. The normalized spacial score (nSPS) is 20.6. The van der Waals surface area contributed by atoms with E-state index >= 15 is 0 Å². The molecule has 0 spiro atoms. The van der Waals surface area contributed by atoms with Crippen LogP contribution in [0.3, 0.4) is 0 Å². The Labute approximate surface area is 143 Å². The highest BCUT2D eigenvalue weighted by atomic mass is 32.2. The molecular weight excluding hydrogens is 350 g/mol. The van der Waals surface area contributed by atoms with Crippen molar-refractivity contribution < 1.29 is 22.7 Å². The Morgan fingerprint density at radius 1 is 1.33 bits per heavy atom. The molecule has 1 amide bonds. The number of carbonyl (C=O) groups is 2. The molecule has 1 aliphatic heterocycles. The first kappa shape index (κ1) is 16.9. The number of rotatable bonds is 4. The van der Waals surface area contributed by atoms with E-state index in [0.717, 1.165) is 10.1 Å². The maximum absolute atomic E-state index is 12.2. The van der Waals surface area contributed by atoms with E-state index in [-0.39, 0.29) is 11.5 Å². The summed E-state index contributed by atoms with van der Waals surface area (Å²) in [6.45, 7) is 1.48. The van der Waals surface area contributed by atoms with Crippen LogP contribution < -0.4 is 5.32 Å². The summed E-state index contributed by atoms with van der Waals surface area (Å²) >= 11 is 1.31. The SMILES string of the molecule is C[C@H](OC(=O)c1cc2ccccc2s1)C(=O)N[C@@H]1CCS(=O)(=O)C1. The van der Waals surface area contributed by atoms with Crippen LogP contribution in [0.2, 0.25) is 0 Å². The molecule has 0 unspecified atom stereocenters. The highest BCUT2D eigenvalue weighted by Crippen LogP contribution is 2.26. The van der Waals surface area contributed by atoms with Gasteiger partial charge in [0.1, 0.15) is 4.88 Å². The van der Waals surface area contributed by atoms with Gasteiger partial charge in [-0.15, -0.1) is 11.3 Å². The van der Waals surface area contributed by atoms with Crippen LogP contribution in [0, 0.1) is 0 Å². The van der Waals surface area contributed by atoms with Crippen molar-refractivity contribution in [2.24, 2.45) is 0 Å². The number of amides is 1. The van der Waals surface area contributed by atoms with Crippen LogP contribution in [-0.4, -0.2) is 43.9 Å². The van der Waals surface area contributed by atoms with Gasteiger partial charge in [-0.3, -0.25) is 4.79 Å². The van der Waals surface area contributed by atoms with Crippen LogP contribution in [0.5, 0.6) is 0 Å². The summed E-state index contributed by atoms with van der Waals surface area (Å²) in [6.07, 6.45) is -0.587. The van der Waals surface area contributed by atoms with E-state index in [0.29, 0.717) is 11.3 Å². The minimum Gasteiger partial charge on any atom is -0.448 e. The highest BCUT2D eigenvalue weighted by Gasteiger charge is 2.31. The summed E-state index contributed by atoms with van der Waals surface area (Å²) in [7, 11) is -3.07. The fraction of sp³-hybridized carbons (Fsp3) is 0.375. The summed E-state index contributed by atoms with van der Waals surface area (Å²) in [4.78, 5) is 24.7. The van der Waals surface area contributed by atoms with E-state index in [4.69, 9.17) is 4.74 Å². The summed E-state index contributed by atoms with van der Waals surface area (Å²) in [5.74, 6) is -1.02. The molecule has 6 nitrogen and oxygen atoms in total. The van der Waals surface area contributed by atoms with E-state index in [1.165, 1.54) is 18.3 Å².